The van der Waals surface area contributed by atoms with E-state index in [1.165, 1.54) is 12.2 Å². The van der Waals surface area contributed by atoms with Gasteiger partial charge in [-0.3, -0.25) is 0 Å². The molecule has 158 valence electrons. The van der Waals surface area contributed by atoms with E-state index < -0.39 is 10.0 Å². The van der Waals surface area contributed by atoms with Gasteiger partial charge in [-0.1, -0.05) is 18.6 Å². The van der Waals surface area contributed by atoms with Crippen molar-refractivity contribution in [2.45, 2.75) is 50.5 Å². The quantitative estimate of drug-likeness (QED) is 0.342. The van der Waals surface area contributed by atoms with Crippen LogP contribution >= 0.6 is 11.8 Å². The first-order valence-corrected chi connectivity index (χ1v) is 13.0. The first-order valence-electron chi connectivity index (χ1n) is 10.2. The predicted octanol–water partition coefficient (Wildman–Crippen LogP) is 3.06. The highest BCUT2D eigenvalue weighted by molar-refractivity contribution is 7.98. The second-order valence-electron chi connectivity index (χ2n) is 6.93. The van der Waals surface area contributed by atoms with Crippen molar-refractivity contribution in [3.05, 3.63) is 29.8 Å². The van der Waals surface area contributed by atoms with Crippen LogP contribution in [0.15, 0.2) is 34.2 Å². The number of benzene rings is 1. The second-order valence-corrected chi connectivity index (χ2v) is 9.86. The highest BCUT2D eigenvalue weighted by atomic mass is 32.2. The van der Waals surface area contributed by atoms with E-state index in [0.717, 1.165) is 50.3 Å². The molecule has 1 aromatic rings. The number of nitrogens with one attached hydrogen (secondary N) is 2. The molecule has 0 aromatic heterocycles. The Morgan fingerprint density at radius 3 is 2.68 bits per heavy atom. The van der Waals surface area contributed by atoms with Gasteiger partial charge in [0.1, 0.15) is 0 Å². The summed E-state index contributed by atoms with van der Waals surface area (Å²) in [5.41, 5.74) is 0.901. The molecule has 2 N–H and O–H groups in total. The summed E-state index contributed by atoms with van der Waals surface area (Å²) in [7, 11) is -3.40. The first kappa shape index (κ1) is 23.0. The maximum atomic E-state index is 12.9. The van der Waals surface area contributed by atoms with Gasteiger partial charge < -0.3 is 10.6 Å². The van der Waals surface area contributed by atoms with Crippen LogP contribution in [0, 0.1) is 0 Å². The molecule has 0 amide bonds. The molecule has 0 unspecified atom stereocenters. The molecule has 1 aromatic carbocycles. The van der Waals surface area contributed by atoms with E-state index in [2.05, 4.69) is 21.9 Å². The monoisotopic (exact) mass is 426 g/mol. The van der Waals surface area contributed by atoms with E-state index in [1.807, 2.05) is 30.8 Å². The number of nitrogens with zero attached hydrogens (tertiary/aromatic N) is 2. The van der Waals surface area contributed by atoms with Crippen LogP contribution in [0.5, 0.6) is 0 Å². The zero-order chi connectivity index (χ0) is 20.2. The van der Waals surface area contributed by atoms with Crippen molar-refractivity contribution in [3.63, 3.8) is 0 Å². The number of aliphatic imine (C=N–C) groups is 1. The number of thioether (sulfide) groups is 1. The lowest BCUT2D eigenvalue weighted by Gasteiger charge is -2.26. The zero-order valence-electron chi connectivity index (χ0n) is 17.1. The van der Waals surface area contributed by atoms with Crippen molar-refractivity contribution in [1.82, 2.24) is 14.9 Å². The fraction of sp³-hybridized carbons (Fsp3) is 0.650. The highest BCUT2D eigenvalue weighted by Gasteiger charge is 2.25. The Hall–Kier alpha value is -1.25. The lowest BCUT2D eigenvalue weighted by atomic mass is 10.2. The highest BCUT2D eigenvalue weighted by Crippen LogP contribution is 2.21. The average Bonchev–Trinajstić information content (AvgIpc) is 2.72. The van der Waals surface area contributed by atoms with Gasteiger partial charge in [0.05, 0.1) is 11.4 Å². The molecule has 0 radical (unpaired) electrons. The minimum atomic E-state index is -3.40. The predicted molar refractivity (Wildman–Crippen MR) is 119 cm³/mol. The molecule has 1 fully saturated rings. The molecule has 8 heteroatoms. The van der Waals surface area contributed by atoms with Gasteiger partial charge in [0.2, 0.25) is 10.0 Å². The largest absolute Gasteiger partial charge is 0.357 e. The van der Waals surface area contributed by atoms with Crippen molar-refractivity contribution < 1.29 is 8.42 Å². The maximum Gasteiger partial charge on any atom is 0.243 e. The average molecular weight is 427 g/mol. The van der Waals surface area contributed by atoms with Crippen molar-refractivity contribution in [3.8, 4) is 0 Å². The van der Waals surface area contributed by atoms with Gasteiger partial charge >= 0.3 is 0 Å². The number of guanidine groups is 1. The molecule has 28 heavy (non-hydrogen) atoms. The molecule has 1 heterocycles. The lowest BCUT2D eigenvalue weighted by Crippen LogP contribution is -2.37. The Balaban J connectivity index is 2.00. The summed E-state index contributed by atoms with van der Waals surface area (Å²) in [6.07, 6.45) is 7.41. The summed E-state index contributed by atoms with van der Waals surface area (Å²) >= 11 is 1.87. The topological polar surface area (TPSA) is 73.8 Å². The molecule has 1 aliphatic rings. The van der Waals surface area contributed by atoms with Gasteiger partial charge in [0.25, 0.3) is 0 Å². The molecule has 0 aliphatic carbocycles. The smallest absolute Gasteiger partial charge is 0.243 e. The standard InChI is InChI=1S/C20H34N4O2S2/c1-3-21-20(22-12-5-8-15-27-2)23-17-18-10-9-11-19(16-18)28(25,26)24-13-6-4-7-14-24/h9-11,16H,3-8,12-15,17H2,1-2H3,(H2,21,22,23). The van der Waals surface area contributed by atoms with E-state index in [1.54, 1.807) is 16.4 Å². The van der Waals surface area contributed by atoms with E-state index in [4.69, 9.17) is 0 Å². The third-order valence-electron chi connectivity index (χ3n) is 4.68. The Morgan fingerprint density at radius 2 is 1.96 bits per heavy atom. The minimum absolute atomic E-state index is 0.372. The van der Waals surface area contributed by atoms with Crippen molar-refractivity contribution in [2.24, 2.45) is 4.99 Å². The fourth-order valence-electron chi connectivity index (χ4n) is 3.15. The van der Waals surface area contributed by atoms with Crippen LogP contribution in [-0.4, -0.2) is 56.9 Å². The Kier molecular flexibility index (Phi) is 10.2. The van der Waals surface area contributed by atoms with Gasteiger partial charge in [-0.05, 0) is 62.3 Å². The normalized spacial score (nSPS) is 16.1. The summed E-state index contributed by atoms with van der Waals surface area (Å²) < 4.78 is 27.4. The molecule has 1 aliphatic heterocycles. The van der Waals surface area contributed by atoms with Crippen LogP contribution in [0.25, 0.3) is 0 Å². The van der Waals surface area contributed by atoms with Crippen molar-refractivity contribution >= 4 is 27.7 Å². The van der Waals surface area contributed by atoms with Crippen LogP contribution in [0.3, 0.4) is 0 Å². The summed E-state index contributed by atoms with van der Waals surface area (Å²) in [6, 6.07) is 7.19. The van der Waals surface area contributed by atoms with E-state index in [9.17, 15) is 8.42 Å². The first-order chi connectivity index (χ1) is 13.6. The van der Waals surface area contributed by atoms with Crippen molar-refractivity contribution in [1.29, 1.82) is 0 Å². The molecule has 0 atom stereocenters. The third kappa shape index (κ3) is 7.29. The number of piperidine rings is 1. The number of hydrogen-bond acceptors (Lipinski definition) is 4. The maximum absolute atomic E-state index is 12.9. The molecule has 0 bridgehead atoms. The molecular weight excluding hydrogens is 392 g/mol. The molecule has 1 saturated heterocycles. The van der Waals surface area contributed by atoms with E-state index in [0.29, 0.717) is 24.5 Å². The molecular formula is C20H34N4O2S2. The van der Waals surface area contributed by atoms with Gasteiger partial charge in [0, 0.05) is 26.2 Å². The number of sulfonamides is 1. The van der Waals surface area contributed by atoms with Gasteiger partial charge in [0.15, 0.2) is 5.96 Å². The van der Waals surface area contributed by atoms with Crippen LogP contribution in [-0.2, 0) is 16.6 Å². The van der Waals surface area contributed by atoms with Gasteiger partial charge in [-0.2, -0.15) is 16.1 Å². The minimum Gasteiger partial charge on any atom is -0.357 e. The Morgan fingerprint density at radius 1 is 1.18 bits per heavy atom. The van der Waals surface area contributed by atoms with E-state index in [-0.39, 0.29) is 0 Å². The Labute approximate surface area is 174 Å². The SMILES string of the molecule is CCNC(=NCc1cccc(S(=O)(=O)N2CCCCC2)c1)NCCCCSC. The van der Waals surface area contributed by atoms with Crippen LogP contribution in [0.2, 0.25) is 0 Å². The summed E-state index contributed by atoms with van der Waals surface area (Å²) in [6.45, 7) is 5.40. The Bertz CT molecular complexity index is 717. The summed E-state index contributed by atoms with van der Waals surface area (Å²) in [4.78, 5) is 4.99. The summed E-state index contributed by atoms with van der Waals surface area (Å²) in [5, 5.41) is 6.60. The fourth-order valence-corrected chi connectivity index (χ4v) is 5.23. The van der Waals surface area contributed by atoms with Gasteiger partial charge in [-0.25, -0.2) is 13.4 Å². The molecule has 6 nitrogen and oxygen atoms in total. The number of hydrogen-bond donors (Lipinski definition) is 2. The molecule has 2 rings (SSSR count). The number of rotatable bonds is 10. The lowest BCUT2D eigenvalue weighted by molar-refractivity contribution is 0.346. The summed E-state index contributed by atoms with van der Waals surface area (Å²) in [5.74, 6) is 1.95. The zero-order valence-corrected chi connectivity index (χ0v) is 18.7. The molecule has 0 saturated carbocycles. The van der Waals surface area contributed by atoms with E-state index >= 15 is 0 Å². The van der Waals surface area contributed by atoms with Crippen LogP contribution in [0.1, 0.15) is 44.6 Å². The second kappa shape index (κ2) is 12.3. The van der Waals surface area contributed by atoms with Crippen molar-refractivity contribution in [2.75, 3.05) is 38.2 Å². The van der Waals surface area contributed by atoms with Gasteiger partial charge in [-0.15, -0.1) is 0 Å². The third-order valence-corrected chi connectivity index (χ3v) is 7.27. The molecule has 0 spiro atoms. The van der Waals surface area contributed by atoms with Crippen LogP contribution in [0.4, 0.5) is 0 Å². The number of unbranched alkanes of at least 4 members (excludes halogenated alkanes) is 1. The van der Waals surface area contributed by atoms with Crippen LogP contribution < -0.4 is 10.6 Å².